The highest BCUT2D eigenvalue weighted by Crippen LogP contribution is 2.38. The molecule has 0 amide bonds. The first-order valence-corrected chi connectivity index (χ1v) is 11.7. The Morgan fingerprint density at radius 2 is 2.30 bits per heavy atom. The normalized spacial score (nSPS) is 27.3. The van der Waals surface area contributed by atoms with Crippen molar-refractivity contribution in [2.75, 3.05) is 26.9 Å². The van der Waals surface area contributed by atoms with Crippen LogP contribution in [0, 0.1) is 5.82 Å². The number of nitrogens with one attached hydrogen (secondary N) is 1. The fourth-order valence-electron chi connectivity index (χ4n) is 4.66. The van der Waals surface area contributed by atoms with Crippen molar-refractivity contribution in [2.24, 2.45) is 4.99 Å². The van der Waals surface area contributed by atoms with Crippen LogP contribution in [0.1, 0.15) is 23.0 Å². The van der Waals surface area contributed by atoms with Crippen molar-refractivity contribution in [1.29, 1.82) is 0 Å². The molecule has 174 valence electrons. The van der Waals surface area contributed by atoms with Crippen LogP contribution >= 0.6 is 22.9 Å². The quantitative estimate of drug-likeness (QED) is 0.618. The van der Waals surface area contributed by atoms with Crippen LogP contribution in [0.25, 0.3) is 0 Å². The van der Waals surface area contributed by atoms with Crippen molar-refractivity contribution in [2.45, 2.75) is 30.7 Å². The molecule has 3 unspecified atom stereocenters. The molecule has 2 bridgehead atoms. The van der Waals surface area contributed by atoms with Crippen molar-refractivity contribution in [3.63, 3.8) is 0 Å². The Morgan fingerprint density at radius 1 is 1.45 bits per heavy atom. The van der Waals surface area contributed by atoms with Gasteiger partial charge in [-0.05, 0) is 18.6 Å². The average Bonchev–Trinajstić information content (AvgIpc) is 3.38. The lowest BCUT2D eigenvalue weighted by Gasteiger charge is -2.37. The third kappa shape index (κ3) is 4.17. The first-order chi connectivity index (χ1) is 16.0. The van der Waals surface area contributed by atoms with Gasteiger partial charge >= 0.3 is 5.97 Å². The molecule has 1 aromatic carbocycles. The van der Waals surface area contributed by atoms with E-state index in [1.807, 2.05) is 5.38 Å². The molecule has 8 nitrogen and oxygen atoms in total. The molecule has 0 saturated carbocycles. The topological polar surface area (TPSA) is 96.3 Å². The van der Waals surface area contributed by atoms with Crippen molar-refractivity contribution >= 4 is 34.7 Å². The van der Waals surface area contributed by atoms with Crippen molar-refractivity contribution < 1.29 is 23.8 Å². The molecule has 0 aliphatic carbocycles. The number of esters is 1. The number of aliphatic hydroxyl groups is 1. The number of morpholine rings is 1. The van der Waals surface area contributed by atoms with Gasteiger partial charge in [0, 0.05) is 40.4 Å². The van der Waals surface area contributed by atoms with E-state index in [1.54, 1.807) is 6.20 Å². The minimum Gasteiger partial charge on any atom is -0.466 e. The van der Waals surface area contributed by atoms with Gasteiger partial charge < -0.3 is 19.9 Å². The number of nitrogens with zero attached hydrogens (tertiary/aromatic N) is 3. The Morgan fingerprint density at radius 3 is 3.00 bits per heavy atom. The Hall–Kier alpha value is -2.37. The molecule has 0 spiro atoms. The molecular weight excluding hydrogens is 471 g/mol. The summed E-state index contributed by atoms with van der Waals surface area (Å²) in [5.74, 6) is -0.560. The number of benzene rings is 1. The van der Waals surface area contributed by atoms with Crippen molar-refractivity contribution in [3.05, 3.63) is 62.5 Å². The van der Waals surface area contributed by atoms with Crippen LogP contribution in [0.3, 0.4) is 0 Å². The highest BCUT2D eigenvalue weighted by molar-refractivity contribution is 7.11. The lowest BCUT2D eigenvalue weighted by atomic mass is 9.95. The highest BCUT2D eigenvalue weighted by atomic mass is 35.5. The Labute approximate surface area is 198 Å². The number of rotatable bonds is 5. The largest absolute Gasteiger partial charge is 0.466 e. The number of carbonyl (C=O) groups is 1. The summed E-state index contributed by atoms with van der Waals surface area (Å²) in [6.45, 7) is 1.27. The maximum atomic E-state index is 13.8. The Kier molecular flexibility index (Phi) is 6.19. The Balaban J connectivity index is 1.61. The number of carbonyl (C=O) groups excluding carboxylic acids is 1. The zero-order valence-electron chi connectivity index (χ0n) is 17.7. The van der Waals surface area contributed by atoms with Gasteiger partial charge in [0.2, 0.25) is 0 Å². The fraction of sp³-hybridized carbons (Fsp3) is 0.409. The van der Waals surface area contributed by atoms with Crippen LogP contribution in [0.5, 0.6) is 0 Å². The molecule has 5 rings (SSSR count). The molecule has 3 aliphatic rings. The second-order valence-corrected chi connectivity index (χ2v) is 9.43. The van der Waals surface area contributed by atoms with Gasteiger partial charge in [0.1, 0.15) is 11.9 Å². The summed E-state index contributed by atoms with van der Waals surface area (Å²) in [7, 11) is 1.30. The molecule has 4 heterocycles. The summed E-state index contributed by atoms with van der Waals surface area (Å²) in [4.78, 5) is 24.2. The van der Waals surface area contributed by atoms with Gasteiger partial charge in [0.15, 0.2) is 10.8 Å². The van der Waals surface area contributed by atoms with E-state index < -0.39 is 23.9 Å². The molecule has 4 atom stereocenters. The molecule has 33 heavy (non-hydrogen) atoms. The number of hydrogen-bond acceptors (Lipinski definition) is 9. The molecule has 2 N–H and O–H groups in total. The van der Waals surface area contributed by atoms with Crippen molar-refractivity contribution in [1.82, 2.24) is 15.2 Å². The SMILES string of the molecule is COC(=O)C1=C(CN2C3COCC2C(O)C3)NC(c2nccs2)=N[C@H]1c1ccc(F)cc1Cl. The second-order valence-electron chi connectivity index (χ2n) is 8.13. The van der Waals surface area contributed by atoms with Crippen molar-refractivity contribution in [3.8, 4) is 0 Å². The summed E-state index contributed by atoms with van der Waals surface area (Å²) in [5.41, 5.74) is 1.35. The summed E-state index contributed by atoms with van der Waals surface area (Å²) < 4.78 is 24.5. The molecule has 1 aromatic heterocycles. The first kappa shape index (κ1) is 22.4. The lowest BCUT2D eigenvalue weighted by Crippen LogP contribution is -2.50. The number of ether oxygens (including phenoxy) is 2. The second kappa shape index (κ2) is 9.11. The van der Waals surface area contributed by atoms with Gasteiger partial charge in [-0.2, -0.15) is 0 Å². The van der Waals surface area contributed by atoms with Crippen LogP contribution in [0.4, 0.5) is 4.39 Å². The smallest absolute Gasteiger partial charge is 0.338 e. The summed E-state index contributed by atoms with van der Waals surface area (Å²) >= 11 is 7.79. The standard InChI is InChI=1S/C22H22ClFN4O4S/c1-31-22(30)18-15(8-28-12-7-17(29)16(28)10-32-9-12)26-20(21-25-4-5-33-21)27-19(18)13-3-2-11(24)6-14(13)23/h2-6,12,16-17,19,29H,7-10H2,1H3,(H,26,27)/t12?,16?,17?,19-/m0/s1. The van der Waals surface area contributed by atoms with Crippen LogP contribution in [-0.4, -0.2) is 71.9 Å². The molecule has 0 radical (unpaired) electrons. The van der Waals surface area contributed by atoms with E-state index in [0.717, 1.165) is 0 Å². The monoisotopic (exact) mass is 492 g/mol. The van der Waals surface area contributed by atoms with Crippen LogP contribution < -0.4 is 5.32 Å². The lowest BCUT2D eigenvalue weighted by molar-refractivity contribution is -0.136. The van der Waals surface area contributed by atoms with Gasteiger partial charge in [-0.15, -0.1) is 11.3 Å². The molecule has 3 aliphatic heterocycles. The number of aliphatic imine (C=N–C) groups is 1. The molecule has 2 fully saturated rings. The highest BCUT2D eigenvalue weighted by Gasteiger charge is 2.45. The van der Waals surface area contributed by atoms with E-state index in [4.69, 9.17) is 26.1 Å². The number of methoxy groups -OCH3 is 1. The summed E-state index contributed by atoms with van der Waals surface area (Å²) in [6, 6.07) is 3.05. The van der Waals surface area contributed by atoms with Gasteiger partial charge in [0.25, 0.3) is 0 Å². The van der Waals surface area contributed by atoms with Gasteiger partial charge in [-0.25, -0.2) is 14.2 Å². The van der Waals surface area contributed by atoms with Crippen LogP contribution in [-0.2, 0) is 14.3 Å². The number of amidine groups is 1. The number of fused-ring (bicyclic) bond motifs is 2. The minimum atomic E-state index is -0.815. The van der Waals surface area contributed by atoms with E-state index in [2.05, 4.69) is 15.2 Å². The van der Waals surface area contributed by atoms with E-state index in [9.17, 15) is 14.3 Å². The first-order valence-electron chi connectivity index (χ1n) is 10.5. The molecule has 2 aromatic rings. The summed E-state index contributed by atoms with van der Waals surface area (Å²) in [5, 5.41) is 16.4. The Bertz CT molecular complexity index is 1130. The molecule has 11 heteroatoms. The van der Waals surface area contributed by atoms with Gasteiger partial charge in [0.05, 0.1) is 38.0 Å². The predicted octanol–water partition coefficient (Wildman–Crippen LogP) is 2.29. The number of aliphatic hydroxyl groups excluding tert-OH is 1. The van der Waals surface area contributed by atoms with E-state index >= 15 is 0 Å². The average molecular weight is 493 g/mol. The van der Waals surface area contributed by atoms with Gasteiger partial charge in [-0.3, -0.25) is 9.89 Å². The number of hydrogen-bond donors (Lipinski definition) is 2. The maximum Gasteiger partial charge on any atom is 0.338 e. The number of aromatic nitrogens is 1. The van der Waals surface area contributed by atoms with Crippen LogP contribution in [0.2, 0.25) is 5.02 Å². The molecular formula is C22H22ClFN4O4S. The zero-order chi connectivity index (χ0) is 23.1. The zero-order valence-corrected chi connectivity index (χ0v) is 19.3. The fourth-order valence-corrected chi connectivity index (χ4v) is 5.51. The van der Waals surface area contributed by atoms with E-state index in [1.165, 1.54) is 36.6 Å². The van der Waals surface area contributed by atoms with E-state index in [0.29, 0.717) is 48.3 Å². The predicted molar refractivity (Wildman–Crippen MR) is 121 cm³/mol. The number of halogens is 2. The van der Waals surface area contributed by atoms with Crippen LogP contribution in [0.15, 0.2) is 46.0 Å². The maximum absolute atomic E-state index is 13.8. The van der Waals surface area contributed by atoms with E-state index in [-0.39, 0.29) is 22.7 Å². The third-order valence-electron chi connectivity index (χ3n) is 6.22. The molecule has 2 saturated heterocycles. The third-order valence-corrected chi connectivity index (χ3v) is 7.32. The number of thiazole rings is 1. The summed E-state index contributed by atoms with van der Waals surface area (Å²) in [6.07, 6.45) is 1.77. The van der Waals surface area contributed by atoms with Gasteiger partial charge in [-0.1, -0.05) is 17.7 Å². The minimum absolute atomic E-state index is 0.0296.